The van der Waals surface area contributed by atoms with Gasteiger partial charge in [0.25, 0.3) is 0 Å². The number of hydrogen-bond acceptors (Lipinski definition) is 2. The van der Waals surface area contributed by atoms with Gasteiger partial charge in [0, 0.05) is 39.7 Å². The Balaban J connectivity index is 1.12. The number of anilines is 6. The van der Waals surface area contributed by atoms with E-state index < -0.39 is 5.41 Å². The van der Waals surface area contributed by atoms with Crippen molar-refractivity contribution in [2.45, 2.75) is 11.3 Å². The smallest absolute Gasteiger partial charge is 0.0713 e. The third-order valence-corrected chi connectivity index (χ3v) is 14.3. The number of benzene rings is 11. The molecule has 0 fully saturated rings. The van der Waals surface area contributed by atoms with Crippen LogP contribution in [0.3, 0.4) is 0 Å². The average Bonchev–Trinajstić information content (AvgIpc) is 3.90. The molecule has 2 heteroatoms. The lowest BCUT2D eigenvalue weighted by Crippen LogP contribution is -2.28. The quantitative estimate of drug-likeness (QED) is 0.143. The van der Waals surface area contributed by atoms with Crippen LogP contribution >= 0.6 is 0 Å². The number of nitrogens with zero attached hydrogens (tertiary/aromatic N) is 2. The van der Waals surface area contributed by atoms with Crippen molar-refractivity contribution in [1.29, 1.82) is 0 Å². The van der Waals surface area contributed by atoms with E-state index in [0.717, 1.165) is 39.5 Å². The Morgan fingerprint density at radius 3 is 1.41 bits per heavy atom. The molecule has 1 unspecified atom stereocenters. The van der Waals surface area contributed by atoms with Gasteiger partial charge in [-0.25, -0.2) is 0 Å². The Kier molecular flexibility index (Phi) is 9.50. The first-order valence-electron chi connectivity index (χ1n) is 23.6. The summed E-state index contributed by atoms with van der Waals surface area (Å²) in [7, 11) is 0. The van der Waals surface area contributed by atoms with Crippen molar-refractivity contribution < 1.29 is 0 Å². The van der Waals surface area contributed by atoms with E-state index >= 15 is 0 Å². The summed E-state index contributed by atoms with van der Waals surface area (Å²) in [6.07, 6.45) is 0. The van der Waals surface area contributed by atoms with E-state index in [9.17, 15) is 0 Å². The molecule has 0 N–H and O–H groups in total. The van der Waals surface area contributed by atoms with Gasteiger partial charge in [0.05, 0.1) is 11.1 Å². The van der Waals surface area contributed by atoms with Crippen LogP contribution in [0.5, 0.6) is 0 Å². The summed E-state index contributed by atoms with van der Waals surface area (Å²) < 4.78 is 0. The van der Waals surface area contributed by atoms with Gasteiger partial charge < -0.3 is 9.80 Å². The lowest BCUT2D eigenvalue weighted by molar-refractivity contribution is 0.769. The second-order valence-corrected chi connectivity index (χ2v) is 18.0. The van der Waals surface area contributed by atoms with Gasteiger partial charge >= 0.3 is 0 Å². The van der Waals surface area contributed by atoms with E-state index in [1.807, 2.05) is 0 Å². The van der Waals surface area contributed by atoms with Crippen molar-refractivity contribution in [3.8, 4) is 22.3 Å². The largest absolute Gasteiger partial charge is 0.310 e. The molecule has 0 amide bonds. The van der Waals surface area contributed by atoms with Gasteiger partial charge in [-0.15, -0.1) is 0 Å². The maximum absolute atomic E-state index is 2.51. The Labute approximate surface area is 398 Å². The molecule has 2 aliphatic carbocycles. The molecule has 2 aliphatic rings. The zero-order valence-corrected chi connectivity index (χ0v) is 37.5. The van der Waals surface area contributed by atoms with Gasteiger partial charge in [-0.1, -0.05) is 200 Å². The average molecular weight is 867 g/mol. The first-order chi connectivity index (χ1) is 33.8. The molecule has 0 heterocycles. The molecule has 68 heavy (non-hydrogen) atoms. The summed E-state index contributed by atoms with van der Waals surface area (Å²) in [5.74, 6) is 0.167. The summed E-state index contributed by atoms with van der Waals surface area (Å²) in [4.78, 5) is 4.90. The van der Waals surface area contributed by atoms with Crippen LogP contribution < -0.4 is 9.80 Å². The van der Waals surface area contributed by atoms with Crippen LogP contribution in [0.25, 0.3) is 33.0 Å². The van der Waals surface area contributed by atoms with Gasteiger partial charge in [0.15, 0.2) is 0 Å². The Hall–Kier alpha value is -8.72. The maximum Gasteiger partial charge on any atom is 0.0713 e. The molecule has 0 spiro atoms. The van der Waals surface area contributed by atoms with E-state index in [4.69, 9.17) is 0 Å². The van der Waals surface area contributed by atoms with Crippen LogP contribution in [0.15, 0.2) is 273 Å². The minimum absolute atomic E-state index is 0.167. The molecule has 0 saturated heterocycles. The highest BCUT2D eigenvalue weighted by atomic mass is 15.2. The minimum Gasteiger partial charge on any atom is -0.310 e. The highest BCUT2D eigenvalue weighted by Gasteiger charge is 2.46. The van der Waals surface area contributed by atoms with Gasteiger partial charge in [0.1, 0.15) is 0 Å². The van der Waals surface area contributed by atoms with Crippen molar-refractivity contribution in [2.75, 3.05) is 9.80 Å². The molecule has 0 aliphatic heterocycles. The first-order valence-corrected chi connectivity index (χ1v) is 23.6. The molecule has 11 aromatic rings. The second-order valence-electron chi connectivity index (χ2n) is 18.0. The van der Waals surface area contributed by atoms with E-state index in [-0.39, 0.29) is 5.92 Å². The summed E-state index contributed by atoms with van der Waals surface area (Å²) in [5.41, 5.74) is 20.2. The molecule has 1 atom stereocenters. The van der Waals surface area contributed by atoms with Crippen LogP contribution in [-0.4, -0.2) is 0 Å². The summed E-state index contributed by atoms with van der Waals surface area (Å²) >= 11 is 0. The normalized spacial score (nSPS) is 13.9. The first kappa shape index (κ1) is 39.6. The molecule has 2 nitrogen and oxygen atoms in total. The van der Waals surface area contributed by atoms with Crippen molar-refractivity contribution in [3.05, 3.63) is 312 Å². The number of fused-ring (bicyclic) bond motifs is 7. The summed E-state index contributed by atoms with van der Waals surface area (Å²) in [6, 6.07) is 101. The fraction of sp³-hybridized carbons (Fsp3) is 0.0303. The summed E-state index contributed by atoms with van der Waals surface area (Å²) in [6.45, 7) is 0. The molecule has 13 rings (SSSR count). The topological polar surface area (TPSA) is 6.48 Å². The van der Waals surface area contributed by atoms with Crippen LogP contribution in [0, 0.1) is 0 Å². The molecule has 320 valence electrons. The summed E-state index contributed by atoms with van der Waals surface area (Å²) in [5, 5.41) is 2.34. The van der Waals surface area contributed by atoms with Crippen molar-refractivity contribution in [1.82, 2.24) is 0 Å². The van der Waals surface area contributed by atoms with Gasteiger partial charge in [0.2, 0.25) is 0 Å². The van der Waals surface area contributed by atoms with Crippen molar-refractivity contribution in [2.24, 2.45) is 0 Å². The van der Waals surface area contributed by atoms with Crippen LogP contribution in [0.4, 0.5) is 34.1 Å². The minimum atomic E-state index is -0.543. The fourth-order valence-electron chi connectivity index (χ4n) is 11.5. The van der Waals surface area contributed by atoms with E-state index in [1.165, 1.54) is 66.6 Å². The van der Waals surface area contributed by atoms with E-state index in [0.29, 0.717) is 0 Å². The van der Waals surface area contributed by atoms with Crippen molar-refractivity contribution in [3.63, 3.8) is 0 Å². The highest BCUT2D eigenvalue weighted by Crippen LogP contribution is 2.58. The monoisotopic (exact) mass is 866 g/mol. The van der Waals surface area contributed by atoms with Crippen LogP contribution in [-0.2, 0) is 5.41 Å². The lowest BCUT2D eigenvalue weighted by Gasteiger charge is -2.34. The predicted molar refractivity (Wildman–Crippen MR) is 283 cm³/mol. The predicted octanol–water partition coefficient (Wildman–Crippen LogP) is 17.3. The Morgan fingerprint density at radius 2 is 0.794 bits per heavy atom. The molecule has 0 radical (unpaired) electrons. The Morgan fingerprint density at radius 1 is 0.294 bits per heavy atom. The third-order valence-electron chi connectivity index (χ3n) is 14.3. The van der Waals surface area contributed by atoms with Gasteiger partial charge in [-0.2, -0.15) is 0 Å². The molecular weight excluding hydrogens is 821 g/mol. The van der Waals surface area contributed by atoms with Gasteiger partial charge in [-0.3, -0.25) is 0 Å². The van der Waals surface area contributed by atoms with E-state index in [2.05, 4.69) is 283 Å². The standard InChI is InChI=1S/C66H46N2/c1-7-23-46(24-8-1)65-57-37-20-19-35-55(57)60-43-53(39-40-58(60)65)67(50-29-13-4-14-30-50)54-41-47-42-63-61(45-59(47)64(44-54)68(51-31-15-5-16-32-51)52-33-17-6-18-34-52)56-36-21-22-38-62(56)66(63,48-25-9-2-10-26-48)49-27-11-3-12-28-49/h1-45,65H. The second kappa shape index (κ2) is 16.3. The molecule has 11 aromatic carbocycles. The molecule has 0 aromatic heterocycles. The molecular formula is C66H46N2. The SMILES string of the molecule is c1ccc(C2c3ccccc3-c3cc(N(c4ccccc4)c4cc(N(c5ccccc5)c5ccccc5)c5cc6c(cc5c4)C(c4ccccc4)(c4ccccc4)c4ccccc4-6)ccc32)cc1. The molecule has 0 saturated carbocycles. The number of hydrogen-bond donors (Lipinski definition) is 0. The van der Waals surface area contributed by atoms with Crippen LogP contribution in [0.2, 0.25) is 0 Å². The van der Waals surface area contributed by atoms with Gasteiger partial charge in [-0.05, 0) is 139 Å². The zero-order chi connectivity index (χ0) is 45.0. The Bertz CT molecular complexity index is 3530. The highest BCUT2D eigenvalue weighted by molar-refractivity contribution is 6.07. The van der Waals surface area contributed by atoms with Crippen LogP contribution in [0.1, 0.15) is 44.9 Å². The van der Waals surface area contributed by atoms with Crippen molar-refractivity contribution >= 4 is 44.9 Å². The fourth-order valence-corrected chi connectivity index (χ4v) is 11.5. The third kappa shape index (κ3) is 6.26. The van der Waals surface area contributed by atoms with E-state index in [1.54, 1.807) is 0 Å². The lowest BCUT2D eigenvalue weighted by atomic mass is 9.67. The maximum atomic E-state index is 2.51. The zero-order valence-electron chi connectivity index (χ0n) is 37.5. The molecule has 0 bridgehead atoms. The number of rotatable bonds is 9. The number of para-hydroxylation sites is 3.